The third-order valence-corrected chi connectivity index (χ3v) is 3.50. The summed E-state index contributed by atoms with van der Waals surface area (Å²) in [6.45, 7) is 2.35. The summed E-state index contributed by atoms with van der Waals surface area (Å²) in [5.41, 5.74) is 0. The molecule has 0 aromatic carbocycles. The molecule has 0 aromatic heterocycles. The lowest BCUT2D eigenvalue weighted by Gasteiger charge is -2.29. The third-order valence-electron chi connectivity index (χ3n) is 3.50. The minimum Gasteiger partial charge on any atom is -0.393 e. The summed E-state index contributed by atoms with van der Waals surface area (Å²) in [7, 11) is 0. The number of hydrogen-bond acceptors (Lipinski definition) is 3. The van der Waals surface area contributed by atoms with Crippen LogP contribution in [0.1, 0.15) is 19.3 Å². The van der Waals surface area contributed by atoms with E-state index in [2.05, 4.69) is 0 Å². The van der Waals surface area contributed by atoms with Crippen LogP contribution in [0, 0.1) is 18.4 Å². The van der Waals surface area contributed by atoms with Gasteiger partial charge in [-0.25, -0.2) is 0 Å². The monoisotopic (exact) mass is 169 g/mol. The highest BCUT2D eigenvalue weighted by molar-refractivity contribution is 5.03. The molecule has 66 valence electrons. The molecule has 2 saturated carbocycles. The second kappa shape index (κ2) is 2.16. The molecule has 0 aromatic rings. The van der Waals surface area contributed by atoms with Crippen molar-refractivity contribution in [2.75, 3.05) is 6.61 Å². The smallest absolute Gasteiger partial charge is 0.259 e. The van der Waals surface area contributed by atoms with Crippen LogP contribution >= 0.6 is 0 Å². The maximum Gasteiger partial charge on any atom is 0.259 e. The van der Waals surface area contributed by atoms with E-state index in [1.54, 1.807) is 6.61 Å². The van der Waals surface area contributed by atoms with Crippen molar-refractivity contribution in [1.82, 2.24) is 0 Å². The molecule has 0 amide bonds. The normalized spacial score (nSPS) is 56.6. The largest absolute Gasteiger partial charge is 0.393 e. The predicted molar refractivity (Wildman–Crippen MR) is 40.9 cm³/mol. The second-order valence-electron chi connectivity index (χ2n) is 4.11. The highest BCUT2D eigenvalue weighted by Crippen LogP contribution is 2.54. The van der Waals surface area contributed by atoms with E-state index < -0.39 is 0 Å². The number of aliphatic hydroxyl groups excluding tert-OH is 1. The molecule has 1 saturated heterocycles. The maximum atomic E-state index is 9.54. The Morgan fingerprint density at radius 1 is 1.42 bits per heavy atom. The van der Waals surface area contributed by atoms with E-state index in [-0.39, 0.29) is 11.9 Å². The lowest BCUT2D eigenvalue weighted by molar-refractivity contribution is -0.193. The summed E-state index contributed by atoms with van der Waals surface area (Å²) in [4.78, 5) is 0. The van der Waals surface area contributed by atoms with Crippen molar-refractivity contribution in [1.29, 1.82) is 0 Å². The van der Waals surface area contributed by atoms with E-state index in [1.165, 1.54) is 0 Å². The maximum absolute atomic E-state index is 9.54. The van der Waals surface area contributed by atoms with E-state index in [0.717, 1.165) is 19.3 Å². The standard InChI is InChI=1S/C9H13O3/c10-8-4-7-3-6(8)5-9(7)11-1-2-12-9/h1,6-8,10H,2-5H2/q+1/t6?,7?,8-,9?/m0/s1. The molecule has 3 fully saturated rings. The topological polar surface area (TPSA) is 38.7 Å². The Morgan fingerprint density at radius 2 is 2.33 bits per heavy atom. The summed E-state index contributed by atoms with van der Waals surface area (Å²) in [5.74, 6) is 0.516. The van der Waals surface area contributed by atoms with Gasteiger partial charge in [-0.15, -0.1) is 0 Å². The molecule has 3 rings (SSSR count). The molecule has 1 aliphatic heterocycles. The minimum atomic E-state index is -0.329. The first kappa shape index (κ1) is 7.18. The summed E-state index contributed by atoms with van der Waals surface area (Å²) in [6.07, 6.45) is 2.72. The molecule has 2 aliphatic carbocycles. The van der Waals surface area contributed by atoms with Crippen molar-refractivity contribution in [3.63, 3.8) is 0 Å². The lowest BCUT2D eigenvalue weighted by Crippen LogP contribution is -2.39. The van der Waals surface area contributed by atoms with Gasteiger partial charge in [0, 0.05) is 12.3 Å². The van der Waals surface area contributed by atoms with Gasteiger partial charge in [-0.05, 0) is 18.8 Å². The van der Waals surface area contributed by atoms with E-state index in [9.17, 15) is 5.11 Å². The Hall–Kier alpha value is -0.250. The van der Waals surface area contributed by atoms with Crippen LogP contribution in [0.15, 0.2) is 0 Å². The van der Waals surface area contributed by atoms with E-state index in [0.29, 0.717) is 18.4 Å². The van der Waals surface area contributed by atoms with Gasteiger partial charge in [-0.1, -0.05) is 0 Å². The Labute approximate surface area is 71.7 Å². The highest BCUT2D eigenvalue weighted by Gasteiger charge is 2.61. The van der Waals surface area contributed by atoms with E-state index >= 15 is 0 Å². The van der Waals surface area contributed by atoms with Crippen LogP contribution in [-0.2, 0) is 9.47 Å². The zero-order chi connectivity index (χ0) is 8.18. The first-order valence-corrected chi connectivity index (χ1v) is 4.62. The quantitative estimate of drug-likeness (QED) is 0.542. The minimum absolute atomic E-state index is 0.103. The van der Waals surface area contributed by atoms with Crippen molar-refractivity contribution >= 4 is 0 Å². The molecular weight excluding hydrogens is 156 g/mol. The molecule has 3 unspecified atom stereocenters. The molecule has 2 bridgehead atoms. The van der Waals surface area contributed by atoms with Gasteiger partial charge >= 0.3 is 0 Å². The number of hydrogen-bond donors (Lipinski definition) is 1. The fourth-order valence-corrected chi connectivity index (χ4v) is 2.92. The van der Waals surface area contributed by atoms with E-state index in [4.69, 9.17) is 9.47 Å². The van der Waals surface area contributed by atoms with Gasteiger partial charge in [0.25, 0.3) is 6.61 Å². The average Bonchev–Trinajstić information content (AvgIpc) is 2.68. The van der Waals surface area contributed by atoms with Crippen molar-refractivity contribution < 1.29 is 14.6 Å². The SMILES string of the molecule is O[C@H]1CC2CC1CC21O[CH+]CO1. The van der Waals surface area contributed by atoms with Crippen molar-refractivity contribution in [2.45, 2.75) is 31.2 Å². The van der Waals surface area contributed by atoms with Crippen LogP contribution in [0.5, 0.6) is 0 Å². The van der Waals surface area contributed by atoms with Gasteiger partial charge in [-0.2, -0.15) is 4.74 Å². The average molecular weight is 169 g/mol. The predicted octanol–water partition coefficient (Wildman–Crippen LogP) is 0.682. The van der Waals surface area contributed by atoms with Crippen LogP contribution in [0.4, 0.5) is 0 Å². The molecule has 3 nitrogen and oxygen atoms in total. The van der Waals surface area contributed by atoms with Gasteiger partial charge in [0.05, 0.1) is 6.10 Å². The zero-order valence-corrected chi connectivity index (χ0v) is 6.90. The van der Waals surface area contributed by atoms with E-state index in [1.807, 2.05) is 0 Å². The number of fused-ring (bicyclic) bond motifs is 3. The second-order valence-corrected chi connectivity index (χ2v) is 4.11. The summed E-state index contributed by atoms with van der Waals surface area (Å²) < 4.78 is 11.1. The van der Waals surface area contributed by atoms with Crippen molar-refractivity contribution in [3.05, 3.63) is 6.61 Å². The fraction of sp³-hybridized carbons (Fsp3) is 0.889. The summed E-state index contributed by atoms with van der Waals surface area (Å²) in [5, 5.41) is 9.54. The Balaban J connectivity index is 1.85. The van der Waals surface area contributed by atoms with Gasteiger partial charge in [0.1, 0.15) is 0 Å². The molecule has 1 N–H and O–H groups in total. The number of aliphatic hydroxyl groups is 1. The van der Waals surface area contributed by atoms with Gasteiger partial charge in [0.15, 0.2) is 0 Å². The number of ether oxygens (including phenoxy) is 2. The third kappa shape index (κ3) is 0.741. The van der Waals surface area contributed by atoms with Crippen LogP contribution in [0.2, 0.25) is 0 Å². The first-order chi connectivity index (χ1) is 5.80. The van der Waals surface area contributed by atoms with Crippen LogP contribution in [-0.4, -0.2) is 23.6 Å². The molecule has 12 heavy (non-hydrogen) atoms. The van der Waals surface area contributed by atoms with Crippen LogP contribution < -0.4 is 0 Å². The first-order valence-electron chi connectivity index (χ1n) is 4.62. The Bertz CT molecular complexity index is 196. The van der Waals surface area contributed by atoms with Crippen molar-refractivity contribution in [3.8, 4) is 0 Å². The molecule has 3 heteroatoms. The molecule has 1 spiro atoms. The van der Waals surface area contributed by atoms with Crippen LogP contribution in [0.25, 0.3) is 0 Å². The summed E-state index contributed by atoms with van der Waals surface area (Å²) >= 11 is 0. The molecular formula is C9H13O3+. The summed E-state index contributed by atoms with van der Waals surface area (Å²) in [6, 6.07) is 0. The Morgan fingerprint density at radius 3 is 2.83 bits per heavy atom. The molecule has 0 radical (unpaired) electrons. The van der Waals surface area contributed by atoms with Gasteiger partial charge < -0.3 is 5.11 Å². The molecule has 3 aliphatic rings. The Kier molecular flexibility index (Phi) is 1.29. The van der Waals surface area contributed by atoms with Gasteiger partial charge in [-0.3, -0.25) is 4.74 Å². The molecule has 4 atom stereocenters. The fourth-order valence-electron chi connectivity index (χ4n) is 2.92. The van der Waals surface area contributed by atoms with Crippen LogP contribution in [0.3, 0.4) is 0 Å². The highest BCUT2D eigenvalue weighted by atomic mass is 16.7. The number of rotatable bonds is 0. The van der Waals surface area contributed by atoms with Gasteiger partial charge in [0.2, 0.25) is 12.4 Å². The lowest BCUT2D eigenvalue weighted by atomic mass is 9.92. The zero-order valence-electron chi connectivity index (χ0n) is 6.90. The molecule has 1 heterocycles. The van der Waals surface area contributed by atoms with Crippen molar-refractivity contribution in [2.24, 2.45) is 11.8 Å².